The molecule has 0 radical (unpaired) electrons. The molecule has 0 aromatic heterocycles. The summed E-state index contributed by atoms with van der Waals surface area (Å²) in [5.41, 5.74) is -0.169. The highest BCUT2D eigenvalue weighted by Gasteiger charge is 2.10. The lowest BCUT2D eigenvalue weighted by Crippen LogP contribution is -1.94. The average molecular weight is 230 g/mol. The van der Waals surface area contributed by atoms with Crippen LogP contribution in [-0.4, -0.2) is 15.3 Å². The Hall–Kier alpha value is -2.49. The molecular weight excluding hydrogens is 220 g/mol. The van der Waals surface area contributed by atoms with E-state index in [0.29, 0.717) is 0 Å². The summed E-state index contributed by atoms with van der Waals surface area (Å²) in [5, 5.41) is 28.7. The minimum atomic E-state index is -0.548. The van der Waals surface area contributed by atoms with Crippen molar-refractivity contribution in [2.24, 2.45) is 0 Å². The van der Waals surface area contributed by atoms with Crippen LogP contribution < -0.4 is 5.43 Å². The monoisotopic (exact) mass is 230 g/mol. The molecule has 0 heterocycles. The Morgan fingerprint density at radius 1 is 0.824 bits per heavy atom. The van der Waals surface area contributed by atoms with Gasteiger partial charge in [-0.15, -0.1) is 0 Å². The lowest BCUT2D eigenvalue weighted by atomic mass is 10.1. The fraction of sp³-hybridized carbons (Fsp3) is 0. The first-order valence-electron chi connectivity index (χ1n) is 4.94. The number of hydrogen-bond acceptors (Lipinski definition) is 4. The predicted octanol–water partition coefficient (Wildman–Crippen LogP) is 1.83. The maximum atomic E-state index is 11.4. The number of aromatic hydroxyl groups is 3. The van der Waals surface area contributed by atoms with Crippen molar-refractivity contribution in [2.45, 2.75) is 0 Å². The van der Waals surface area contributed by atoms with E-state index in [0.717, 1.165) is 0 Å². The van der Waals surface area contributed by atoms with Gasteiger partial charge in [0.1, 0.15) is 11.5 Å². The second-order valence-electron chi connectivity index (χ2n) is 3.55. The Morgan fingerprint density at radius 2 is 1.53 bits per heavy atom. The first-order chi connectivity index (χ1) is 8.09. The van der Waals surface area contributed by atoms with Crippen LogP contribution in [0.25, 0.3) is 11.1 Å². The maximum absolute atomic E-state index is 11.4. The molecule has 0 amide bonds. The Kier molecular flexibility index (Phi) is 2.70. The maximum Gasteiger partial charge on any atom is 0.220 e. The lowest BCUT2D eigenvalue weighted by Gasteiger charge is -2.05. The first-order valence-corrected chi connectivity index (χ1v) is 4.94. The third-order valence-corrected chi connectivity index (χ3v) is 2.38. The summed E-state index contributed by atoms with van der Waals surface area (Å²) in [6, 6.07) is 9.66. The summed E-state index contributed by atoms with van der Waals surface area (Å²) in [6.45, 7) is 0. The quantitative estimate of drug-likeness (QED) is 0.653. The van der Waals surface area contributed by atoms with Crippen molar-refractivity contribution in [3.63, 3.8) is 0 Å². The van der Waals surface area contributed by atoms with Gasteiger partial charge in [0.15, 0.2) is 5.75 Å². The van der Waals surface area contributed by atoms with E-state index in [1.54, 1.807) is 6.07 Å². The molecule has 0 aliphatic rings. The first kappa shape index (κ1) is 11.0. The molecule has 0 spiro atoms. The molecule has 2 aromatic carbocycles. The average Bonchev–Trinajstić information content (AvgIpc) is 2.46. The molecular formula is C13H10O4. The van der Waals surface area contributed by atoms with Crippen LogP contribution >= 0.6 is 0 Å². The van der Waals surface area contributed by atoms with Crippen molar-refractivity contribution >= 4 is 0 Å². The summed E-state index contributed by atoms with van der Waals surface area (Å²) in [5.74, 6) is -0.643. The van der Waals surface area contributed by atoms with Crippen LogP contribution in [0.2, 0.25) is 0 Å². The number of rotatable bonds is 1. The third kappa shape index (κ3) is 2.06. The van der Waals surface area contributed by atoms with Gasteiger partial charge in [-0.05, 0) is 24.3 Å². The minimum absolute atomic E-state index is 0.0591. The Balaban J connectivity index is 2.78. The zero-order valence-electron chi connectivity index (χ0n) is 8.79. The fourth-order valence-corrected chi connectivity index (χ4v) is 1.54. The molecule has 2 aromatic rings. The molecule has 0 saturated carbocycles. The number of hydrogen-bond donors (Lipinski definition) is 3. The van der Waals surface area contributed by atoms with Gasteiger partial charge >= 0.3 is 0 Å². The van der Waals surface area contributed by atoms with E-state index in [4.69, 9.17) is 0 Å². The molecule has 0 unspecified atom stereocenters. The van der Waals surface area contributed by atoms with Crippen molar-refractivity contribution < 1.29 is 15.3 Å². The standard InChI is InChI=1S/C13H10O4/c14-8-5-6-11(15)10(7-8)9-3-1-2-4-12(16)13(9)17/h1-7,14-15H,(H,16,17). The van der Waals surface area contributed by atoms with E-state index < -0.39 is 11.2 Å². The van der Waals surface area contributed by atoms with E-state index in [2.05, 4.69) is 0 Å². The van der Waals surface area contributed by atoms with E-state index in [-0.39, 0.29) is 22.6 Å². The summed E-state index contributed by atoms with van der Waals surface area (Å²) >= 11 is 0. The molecule has 2 rings (SSSR count). The van der Waals surface area contributed by atoms with Gasteiger partial charge in [-0.1, -0.05) is 18.2 Å². The highest BCUT2D eigenvalue weighted by atomic mass is 16.3. The molecule has 0 aliphatic carbocycles. The second kappa shape index (κ2) is 4.17. The molecule has 86 valence electrons. The molecule has 4 nitrogen and oxygen atoms in total. The molecule has 0 atom stereocenters. The van der Waals surface area contributed by atoms with Gasteiger partial charge in [0.25, 0.3) is 0 Å². The fourth-order valence-electron chi connectivity index (χ4n) is 1.54. The van der Waals surface area contributed by atoms with Crippen LogP contribution in [0.1, 0.15) is 0 Å². The van der Waals surface area contributed by atoms with Crippen LogP contribution in [0.3, 0.4) is 0 Å². The van der Waals surface area contributed by atoms with E-state index >= 15 is 0 Å². The van der Waals surface area contributed by atoms with Crippen molar-refractivity contribution in [1.29, 1.82) is 0 Å². The molecule has 4 heteroatoms. The molecule has 3 N–H and O–H groups in total. The molecule has 0 bridgehead atoms. The number of phenols is 2. The predicted molar refractivity (Wildman–Crippen MR) is 63.1 cm³/mol. The molecule has 0 aliphatic heterocycles. The van der Waals surface area contributed by atoms with Crippen LogP contribution in [0.15, 0.2) is 47.3 Å². The third-order valence-electron chi connectivity index (χ3n) is 2.38. The smallest absolute Gasteiger partial charge is 0.220 e. The number of phenolic OH excluding ortho intramolecular Hbond substituents is 2. The Bertz CT molecular complexity index is 620. The van der Waals surface area contributed by atoms with Crippen LogP contribution in [0, 0.1) is 0 Å². The van der Waals surface area contributed by atoms with Crippen LogP contribution in [0.5, 0.6) is 17.2 Å². The highest BCUT2D eigenvalue weighted by molar-refractivity contribution is 5.75. The van der Waals surface area contributed by atoms with E-state index in [1.807, 2.05) is 0 Å². The number of benzene rings is 1. The van der Waals surface area contributed by atoms with E-state index in [1.165, 1.54) is 36.4 Å². The van der Waals surface area contributed by atoms with Gasteiger partial charge in [0.2, 0.25) is 5.43 Å². The highest BCUT2D eigenvalue weighted by Crippen LogP contribution is 2.35. The second-order valence-corrected chi connectivity index (χ2v) is 3.55. The normalized spacial score (nSPS) is 10.1. The Labute approximate surface area is 97.0 Å². The van der Waals surface area contributed by atoms with E-state index in [9.17, 15) is 20.1 Å². The SMILES string of the molecule is O=c1ccccc(-c2cc(O)ccc2O)c1O. The largest absolute Gasteiger partial charge is 0.508 e. The minimum Gasteiger partial charge on any atom is -0.508 e. The Morgan fingerprint density at radius 3 is 2.29 bits per heavy atom. The van der Waals surface area contributed by atoms with Gasteiger partial charge in [0.05, 0.1) is 0 Å². The van der Waals surface area contributed by atoms with Gasteiger partial charge in [-0.3, -0.25) is 4.79 Å². The topological polar surface area (TPSA) is 77.8 Å². The zero-order chi connectivity index (χ0) is 12.4. The molecule has 17 heavy (non-hydrogen) atoms. The zero-order valence-corrected chi connectivity index (χ0v) is 8.79. The van der Waals surface area contributed by atoms with Crippen molar-refractivity contribution in [3.05, 3.63) is 52.7 Å². The van der Waals surface area contributed by atoms with Crippen molar-refractivity contribution in [3.8, 4) is 28.4 Å². The lowest BCUT2D eigenvalue weighted by molar-refractivity contribution is 0.458. The summed E-state index contributed by atoms with van der Waals surface area (Å²) in [6.07, 6.45) is 0. The summed E-state index contributed by atoms with van der Waals surface area (Å²) < 4.78 is 0. The van der Waals surface area contributed by atoms with Gasteiger partial charge in [-0.2, -0.15) is 0 Å². The van der Waals surface area contributed by atoms with Gasteiger partial charge in [-0.25, -0.2) is 0 Å². The van der Waals surface area contributed by atoms with Crippen LogP contribution in [0.4, 0.5) is 0 Å². The molecule has 0 saturated heterocycles. The summed E-state index contributed by atoms with van der Waals surface area (Å²) in [4.78, 5) is 11.4. The van der Waals surface area contributed by atoms with Crippen LogP contribution in [-0.2, 0) is 0 Å². The summed E-state index contributed by atoms with van der Waals surface area (Å²) in [7, 11) is 0. The molecule has 0 fully saturated rings. The van der Waals surface area contributed by atoms with Crippen molar-refractivity contribution in [2.75, 3.05) is 0 Å². The van der Waals surface area contributed by atoms with Gasteiger partial charge in [0, 0.05) is 11.1 Å². The van der Waals surface area contributed by atoms with Gasteiger partial charge < -0.3 is 15.3 Å². The van der Waals surface area contributed by atoms with Crippen molar-refractivity contribution in [1.82, 2.24) is 0 Å².